The first-order valence-electron chi connectivity index (χ1n) is 7.94. The van der Waals surface area contributed by atoms with Gasteiger partial charge in [0.25, 0.3) is 0 Å². The lowest BCUT2D eigenvalue weighted by Gasteiger charge is -2.18. The summed E-state index contributed by atoms with van der Waals surface area (Å²) in [5.74, 6) is -1.61. The van der Waals surface area contributed by atoms with Crippen molar-refractivity contribution in [3.05, 3.63) is 53.6 Å². The molecule has 1 unspecified atom stereocenters. The minimum Gasteiger partial charge on any atom is -0.406 e. The number of carbonyl (C=O) groups is 2. The molecule has 1 heterocycles. The topological polar surface area (TPSA) is 58.6 Å². The number of amides is 2. The third kappa shape index (κ3) is 4.71. The summed E-state index contributed by atoms with van der Waals surface area (Å²) >= 11 is 6.10. The number of carbonyl (C=O) groups excluding carboxylic acids is 2. The van der Waals surface area contributed by atoms with Gasteiger partial charge in [-0.05, 0) is 36.4 Å². The van der Waals surface area contributed by atoms with Crippen molar-refractivity contribution < 1.29 is 27.5 Å². The molecule has 0 saturated carbocycles. The highest BCUT2D eigenvalue weighted by molar-refractivity contribution is 6.33. The maximum Gasteiger partial charge on any atom is 0.573 e. The summed E-state index contributed by atoms with van der Waals surface area (Å²) in [6, 6.07) is 11.6. The summed E-state index contributed by atoms with van der Waals surface area (Å²) in [4.78, 5) is 26.1. The lowest BCUT2D eigenvalue weighted by Crippen LogP contribution is -2.28. The van der Waals surface area contributed by atoms with Crippen LogP contribution in [-0.4, -0.2) is 24.7 Å². The summed E-state index contributed by atoms with van der Waals surface area (Å²) in [6.07, 6.45) is -4.76. The second-order valence-electron chi connectivity index (χ2n) is 5.92. The summed E-state index contributed by atoms with van der Waals surface area (Å²) in [7, 11) is 0. The molecule has 5 nitrogen and oxygen atoms in total. The van der Waals surface area contributed by atoms with Crippen LogP contribution in [-0.2, 0) is 9.59 Å². The predicted octanol–water partition coefficient (Wildman–Crippen LogP) is 4.23. The molecule has 0 spiro atoms. The van der Waals surface area contributed by atoms with E-state index < -0.39 is 18.2 Å². The normalized spacial score (nSPS) is 17.1. The van der Waals surface area contributed by atoms with Crippen LogP contribution in [0.3, 0.4) is 0 Å². The van der Waals surface area contributed by atoms with Gasteiger partial charge in [0.2, 0.25) is 11.8 Å². The first-order valence-corrected chi connectivity index (χ1v) is 8.32. The van der Waals surface area contributed by atoms with Crippen LogP contribution >= 0.6 is 11.6 Å². The molecule has 142 valence electrons. The highest BCUT2D eigenvalue weighted by Crippen LogP contribution is 2.31. The third-order valence-corrected chi connectivity index (χ3v) is 4.31. The van der Waals surface area contributed by atoms with Gasteiger partial charge in [0, 0.05) is 18.7 Å². The van der Waals surface area contributed by atoms with Gasteiger partial charge >= 0.3 is 6.36 Å². The Hall–Kier alpha value is -2.74. The van der Waals surface area contributed by atoms with Gasteiger partial charge in [0.1, 0.15) is 5.75 Å². The zero-order valence-electron chi connectivity index (χ0n) is 13.8. The number of anilines is 2. The van der Waals surface area contributed by atoms with Crippen molar-refractivity contribution in [2.45, 2.75) is 12.8 Å². The average Bonchev–Trinajstić information content (AvgIpc) is 2.97. The maximum atomic E-state index is 12.4. The van der Waals surface area contributed by atoms with Gasteiger partial charge < -0.3 is 15.0 Å². The molecule has 1 aliphatic heterocycles. The quantitative estimate of drug-likeness (QED) is 0.838. The maximum absolute atomic E-state index is 12.4. The lowest BCUT2D eigenvalue weighted by molar-refractivity contribution is -0.274. The van der Waals surface area contributed by atoms with Crippen molar-refractivity contribution in [3.8, 4) is 5.75 Å². The Morgan fingerprint density at radius 3 is 2.44 bits per heavy atom. The van der Waals surface area contributed by atoms with Crippen LogP contribution in [0.15, 0.2) is 48.5 Å². The lowest BCUT2D eigenvalue weighted by atomic mass is 10.1. The molecular formula is C18H14ClF3N2O3. The van der Waals surface area contributed by atoms with Crippen molar-refractivity contribution in [2.75, 3.05) is 16.8 Å². The van der Waals surface area contributed by atoms with E-state index >= 15 is 0 Å². The fraction of sp³-hybridized carbons (Fsp3) is 0.222. The second kappa shape index (κ2) is 7.48. The first-order chi connectivity index (χ1) is 12.7. The van der Waals surface area contributed by atoms with Crippen LogP contribution in [0.5, 0.6) is 5.75 Å². The van der Waals surface area contributed by atoms with Gasteiger partial charge in [-0.3, -0.25) is 9.59 Å². The van der Waals surface area contributed by atoms with E-state index in [9.17, 15) is 22.8 Å². The van der Waals surface area contributed by atoms with E-state index in [-0.39, 0.29) is 24.6 Å². The zero-order chi connectivity index (χ0) is 19.6. The number of hydrogen-bond donors (Lipinski definition) is 1. The third-order valence-electron chi connectivity index (χ3n) is 3.99. The molecule has 1 N–H and O–H groups in total. The Bertz CT molecular complexity index is 856. The molecule has 9 heteroatoms. The van der Waals surface area contributed by atoms with Gasteiger partial charge in [-0.25, -0.2) is 0 Å². The molecule has 0 aromatic heterocycles. The Balaban J connectivity index is 1.64. The fourth-order valence-electron chi connectivity index (χ4n) is 2.77. The molecule has 1 aliphatic rings. The molecule has 0 radical (unpaired) electrons. The minimum atomic E-state index is -4.78. The number of nitrogens with one attached hydrogen (secondary N) is 1. The first kappa shape index (κ1) is 19.0. The summed E-state index contributed by atoms with van der Waals surface area (Å²) in [5.41, 5.74) is 0.839. The molecule has 0 bridgehead atoms. The molecule has 1 saturated heterocycles. The molecule has 1 fully saturated rings. The van der Waals surface area contributed by atoms with E-state index in [4.69, 9.17) is 11.6 Å². The van der Waals surface area contributed by atoms with Gasteiger partial charge in [-0.2, -0.15) is 0 Å². The zero-order valence-corrected chi connectivity index (χ0v) is 14.6. The number of ether oxygens (including phenoxy) is 1. The number of nitrogens with zero attached hydrogens (tertiary/aromatic N) is 1. The molecule has 27 heavy (non-hydrogen) atoms. The van der Waals surface area contributed by atoms with E-state index in [2.05, 4.69) is 10.1 Å². The van der Waals surface area contributed by atoms with Gasteiger partial charge in [-0.15, -0.1) is 13.2 Å². The Kier molecular flexibility index (Phi) is 5.27. The average molecular weight is 399 g/mol. The summed E-state index contributed by atoms with van der Waals surface area (Å²) in [6.45, 7) is 0.170. The van der Waals surface area contributed by atoms with Gasteiger partial charge in [-0.1, -0.05) is 23.7 Å². The number of rotatable bonds is 4. The number of halogens is 4. The van der Waals surface area contributed by atoms with E-state index in [1.807, 2.05) is 0 Å². The molecule has 3 rings (SSSR count). The molecule has 2 aromatic carbocycles. The van der Waals surface area contributed by atoms with Crippen LogP contribution < -0.4 is 15.0 Å². The Morgan fingerprint density at radius 2 is 1.81 bits per heavy atom. The number of hydrogen-bond acceptors (Lipinski definition) is 3. The Morgan fingerprint density at radius 1 is 1.15 bits per heavy atom. The smallest absolute Gasteiger partial charge is 0.406 e. The SMILES string of the molecule is O=C(Nc1ccc(OC(F)(F)F)cc1)C1CC(=O)N(c2ccccc2Cl)C1. The monoisotopic (exact) mass is 398 g/mol. The predicted molar refractivity (Wildman–Crippen MR) is 93.7 cm³/mol. The van der Waals surface area contributed by atoms with Crippen molar-refractivity contribution in [2.24, 2.45) is 5.92 Å². The second-order valence-corrected chi connectivity index (χ2v) is 6.33. The highest BCUT2D eigenvalue weighted by atomic mass is 35.5. The number of benzene rings is 2. The minimum absolute atomic E-state index is 0.0202. The number of alkyl halides is 3. The van der Waals surface area contributed by atoms with E-state index in [1.54, 1.807) is 24.3 Å². The summed E-state index contributed by atoms with van der Waals surface area (Å²) in [5, 5.41) is 3.00. The van der Waals surface area contributed by atoms with E-state index in [1.165, 1.54) is 17.0 Å². The number of para-hydroxylation sites is 1. The van der Waals surface area contributed by atoms with Crippen LogP contribution in [0.2, 0.25) is 5.02 Å². The Labute approximate surface area is 157 Å². The van der Waals surface area contributed by atoms with Crippen LogP contribution in [0.4, 0.5) is 24.5 Å². The van der Waals surface area contributed by atoms with Crippen molar-refractivity contribution in [1.82, 2.24) is 0 Å². The summed E-state index contributed by atoms with van der Waals surface area (Å²) < 4.78 is 40.3. The van der Waals surface area contributed by atoms with Gasteiger partial charge in [0.15, 0.2) is 0 Å². The molecule has 0 aliphatic carbocycles. The van der Waals surface area contributed by atoms with E-state index in [0.29, 0.717) is 16.4 Å². The van der Waals surface area contributed by atoms with Crippen LogP contribution in [0, 0.1) is 5.92 Å². The standard InChI is InChI=1S/C18H14ClF3N2O3/c19-14-3-1-2-4-15(14)24-10-11(9-16(24)25)17(26)23-12-5-7-13(8-6-12)27-18(20,21)22/h1-8,11H,9-10H2,(H,23,26). The van der Waals surface area contributed by atoms with Crippen molar-refractivity contribution in [3.63, 3.8) is 0 Å². The molecular weight excluding hydrogens is 385 g/mol. The van der Waals surface area contributed by atoms with Crippen molar-refractivity contribution >= 4 is 34.8 Å². The largest absolute Gasteiger partial charge is 0.573 e. The van der Waals surface area contributed by atoms with Crippen LogP contribution in [0.25, 0.3) is 0 Å². The van der Waals surface area contributed by atoms with Gasteiger partial charge in [0.05, 0.1) is 16.6 Å². The fourth-order valence-corrected chi connectivity index (χ4v) is 3.01. The molecule has 1 atom stereocenters. The molecule has 2 amide bonds. The van der Waals surface area contributed by atoms with Crippen molar-refractivity contribution in [1.29, 1.82) is 0 Å². The van der Waals surface area contributed by atoms with Crippen LogP contribution in [0.1, 0.15) is 6.42 Å². The highest BCUT2D eigenvalue weighted by Gasteiger charge is 2.36. The van der Waals surface area contributed by atoms with E-state index in [0.717, 1.165) is 12.1 Å². The molecule has 2 aromatic rings.